The SMILES string of the molecule is CC(=O)c1ccc(C)c(NC(=O)COc2ccc(Cl)cc2)c1. The lowest BCUT2D eigenvalue weighted by Gasteiger charge is -2.10. The van der Waals surface area contributed by atoms with Gasteiger partial charge in [-0.2, -0.15) is 0 Å². The summed E-state index contributed by atoms with van der Waals surface area (Å²) in [6, 6.07) is 12.0. The van der Waals surface area contributed by atoms with E-state index < -0.39 is 0 Å². The van der Waals surface area contributed by atoms with Gasteiger partial charge in [0.1, 0.15) is 5.75 Å². The topological polar surface area (TPSA) is 55.4 Å². The van der Waals surface area contributed by atoms with E-state index >= 15 is 0 Å². The standard InChI is InChI=1S/C17H16ClNO3/c1-11-3-4-13(12(2)20)9-16(11)19-17(21)10-22-15-7-5-14(18)6-8-15/h3-9H,10H2,1-2H3,(H,19,21). The molecule has 2 rings (SSSR count). The van der Waals surface area contributed by atoms with Gasteiger partial charge in [-0.05, 0) is 49.7 Å². The second kappa shape index (κ2) is 7.09. The number of hydrogen-bond acceptors (Lipinski definition) is 3. The normalized spacial score (nSPS) is 10.1. The summed E-state index contributed by atoms with van der Waals surface area (Å²) >= 11 is 5.78. The van der Waals surface area contributed by atoms with Gasteiger partial charge in [0, 0.05) is 16.3 Å². The van der Waals surface area contributed by atoms with Crippen LogP contribution in [0.5, 0.6) is 5.75 Å². The van der Waals surface area contributed by atoms with E-state index in [2.05, 4.69) is 5.32 Å². The first kappa shape index (κ1) is 16.0. The monoisotopic (exact) mass is 317 g/mol. The molecule has 1 amide bonds. The molecule has 5 heteroatoms. The van der Waals surface area contributed by atoms with Crippen molar-refractivity contribution in [3.8, 4) is 5.75 Å². The Morgan fingerprint density at radius 3 is 2.45 bits per heavy atom. The number of Topliss-reactive ketones (excluding diaryl/α,β-unsaturated/α-hetero) is 1. The Labute approximate surface area is 134 Å². The molecule has 0 fully saturated rings. The van der Waals surface area contributed by atoms with E-state index in [0.29, 0.717) is 22.0 Å². The largest absolute Gasteiger partial charge is 0.484 e. The van der Waals surface area contributed by atoms with Crippen LogP contribution in [0.15, 0.2) is 42.5 Å². The predicted octanol–water partition coefficient (Wildman–Crippen LogP) is 3.87. The summed E-state index contributed by atoms with van der Waals surface area (Å²) in [6.07, 6.45) is 0. The van der Waals surface area contributed by atoms with E-state index in [9.17, 15) is 9.59 Å². The van der Waals surface area contributed by atoms with Crippen molar-refractivity contribution in [3.63, 3.8) is 0 Å². The molecule has 0 saturated heterocycles. The van der Waals surface area contributed by atoms with Crippen LogP contribution in [0.2, 0.25) is 5.02 Å². The van der Waals surface area contributed by atoms with Gasteiger partial charge in [-0.15, -0.1) is 0 Å². The Morgan fingerprint density at radius 2 is 1.82 bits per heavy atom. The number of rotatable bonds is 5. The van der Waals surface area contributed by atoms with Gasteiger partial charge in [0.25, 0.3) is 5.91 Å². The summed E-state index contributed by atoms with van der Waals surface area (Å²) in [5.74, 6) is 0.223. The van der Waals surface area contributed by atoms with Gasteiger partial charge >= 0.3 is 0 Å². The molecule has 0 spiro atoms. The molecular formula is C17H16ClNO3. The van der Waals surface area contributed by atoms with Crippen molar-refractivity contribution in [1.29, 1.82) is 0 Å². The Hall–Kier alpha value is -2.33. The van der Waals surface area contributed by atoms with Crippen molar-refractivity contribution in [2.45, 2.75) is 13.8 Å². The van der Waals surface area contributed by atoms with Crippen LogP contribution in [-0.4, -0.2) is 18.3 Å². The van der Waals surface area contributed by atoms with Crippen molar-refractivity contribution in [2.75, 3.05) is 11.9 Å². The van der Waals surface area contributed by atoms with Crippen LogP contribution in [0.3, 0.4) is 0 Å². The lowest BCUT2D eigenvalue weighted by atomic mass is 10.1. The smallest absolute Gasteiger partial charge is 0.262 e. The fourth-order valence-corrected chi connectivity index (χ4v) is 1.97. The van der Waals surface area contributed by atoms with Crippen LogP contribution >= 0.6 is 11.6 Å². The molecule has 4 nitrogen and oxygen atoms in total. The van der Waals surface area contributed by atoms with Crippen molar-refractivity contribution in [1.82, 2.24) is 0 Å². The van der Waals surface area contributed by atoms with E-state index in [1.165, 1.54) is 6.92 Å². The van der Waals surface area contributed by atoms with Gasteiger partial charge < -0.3 is 10.1 Å². The lowest BCUT2D eigenvalue weighted by molar-refractivity contribution is -0.118. The van der Waals surface area contributed by atoms with Crippen LogP contribution in [0, 0.1) is 6.92 Å². The molecule has 22 heavy (non-hydrogen) atoms. The molecule has 0 atom stereocenters. The Bertz CT molecular complexity index is 696. The first-order valence-electron chi connectivity index (χ1n) is 6.75. The number of benzene rings is 2. The van der Waals surface area contributed by atoms with Crippen LogP contribution in [0.25, 0.3) is 0 Å². The average molecular weight is 318 g/mol. The molecule has 2 aromatic carbocycles. The van der Waals surface area contributed by atoms with Gasteiger partial charge in [-0.1, -0.05) is 23.7 Å². The first-order chi connectivity index (χ1) is 10.5. The van der Waals surface area contributed by atoms with Gasteiger partial charge in [-0.3, -0.25) is 9.59 Å². The Morgan fingerprint density at radius 1 is 1.14 bits per heavy atom. The molecule has 0 radical (unpaired) electrons. The minimum Gasteiger partial charge on any atom is -0.484 e. The molecular weight excluding hydrogens is 302 g/mol. The molecule has 0 aliphatic rings. The number of ether oxygens (including phenoxy) is 1. The average Bonchev–Trinajstić information content (AvgIpc) is 2.48. The molecule has 2 aromatic rings. The van der Waals surface area contributed by atoms with Crippen molar-refractivity contribution in [2.24, 2.45) is 0 Å². The number of hydrogen-bond donors (Lipinski definition) is 1. The molecule has 0 unspecified atom stereocenters. The number of anilines is 1. The molecule has 0 heterocycles. The molecule has 0 bridgehead atoms. The summed E-state index contributed by atoms with van der Waals surface area (Å²) in [6.45, 7) is 3.23. The van der Waals surface area contributed by atoms with E-state index in [1.54, 1.807) is 42.5 Å². The maximum atomic E-state index is 11.9. The summed E-state index contributed by atoms with van der Waals surface area (Å²) in [7, 11) is 0. The predicted molar refractivity (Wildman–Crippen MR) is 86.8 cm³/mol. The zero-order valence-corrected chi connectivity index (χ0v) is 13.1. The van der Waals surface area contributed by atoms with Gasteiger partial charge in [0.15, 0.2) is 12.4 Å². The van der Waals surface area contributed by atoms with Gasteiger partial charge in [0.05, 0.1) is 0 Å². The van der Waals surface area contributed by atoms with Gasteiger partial charge in [-0.25, -0.2) is 0 Å². The summed E-state index contributed by atoms with van der Waals surface area (Å²) < 4.78 is 5.37. The van der Waals surface area contributed by atoms with E-state index in [4.69, 9.17) is 16.3 Å². The molecule has 1 N–H and O–H groups in total. The van der Waals surface area contributed by atoms with Gasteiger partial charge in [0.2, 0.25) is 0 Å². The minimum atomic E-state index is -0.293. The summed E-state index contributed by atoms with van der Waals surface area (Å²) in [5.41, 5.74) is 2.04. The first-order valence-corrected chi connectivity index (χ1v) is 7.13. The second-order valence-electron chi connectivity index (χ2n) is 4.88. The second-order valence-corrected chi connectivity index (χ2v) is 5.31. The van der Waals surface area contributed by atoms with Crippen molar-refractivity contribution in [3.05, 3.63) is 58.6 Å². The molecule has 0 aromatic heterocycles. The highest BCUT2D eigenvalue weighted by Gasteiger charge is 2.08. The fraction of sp³-hybridized carbons (Fsp3) is 0.176. The maximum Gasteiger partial charge on any atom is 0.262 e. The number of ketones is 1. The van der Waals surface area contributed by atoms with Crippen LogP contribution in [0.1, 0.15) is 22.8 Å². The molecule has 0 aliphatic carbocycles. The minimum absolute atomic E-state index is 0.0482. The maximum absolute atomic E-state index is 11.9. The zero-order chi connectivity index (χ0) is 16.1. The number of carbonyl (C=O) groups is 2. The quantitative estimate of drug-likeness (QED) is 0.852. The number of aryl methyl sites for hydroxylation is 1. The zero-order valence-electron chi connectivity index (χ0n) is 12.4. The summed E-state index contributed by atoms with van der Waals surface area (Å²) in [5, 5.41) is 3.35. The fourth-order valence-electron chi connectivity index (χ4n) is 1.84. The number of halogens is 1. The number of amides is 1. The van der Waals surface area contributed by atoms with E-state index in [-0.39, 0.29) is 18.3 Å². The highest BCUT2D eigenvalue weighted by Crippen LogP contribution is 2.18. The highest BCUT2D eigenvalue weighted by molar-refractivity contribution is 6.30. The number of carbonyl (C=O) groups excluding carboxylic acids is 2. The van der Waals surface area contributed by atoms with E-state index in [1.807, 2.05) is 6.92 Å². The third-order valence-corrected chi connectivity index (χ3v) is 3.35. The molecule has 0 aliphatic heterocycles. The van der Waals surface area contributed by atoms with Crippen molar-refractivity contribution >= 4 is 29.0 Å². The lowest BCUT2D eigenvalue weighted by Crippen LogP contribution is -2.20. The summed E-state index contributed by atoms with van der Waals surface area (Å²) in [4.78, 5) is 23.3. The van der Waals surface area contributed by atoms with E-state index in [0.717, 1.165) is 5.56 Å². The third-order valence-electron chi connectivity index (χ3n) is 3.10. The molecule has 0 saturated carbocycles. The third kappa shape index (κ3) is 4.33. The van der Waals surface area contributed by atoms with Crippen LogP contribution in [-0.2, 0) is 4.79 Å². The Balaban J connectivity index is 1.98. The number of nitrogens with one attached hydrogen (secondary N) is 1. The highest BCUT2D eigenvalue weighted by atomic mass is 35.5. The van der Waals surface area contributed by atoms with Crippen LogP contribution < -0.4 is 10.1 Å². The van der Waals surface area contributed by atoms with Crippen molar-refractivity contribution < 1.29 is 14.3 Å². The molecule has 114 valence electrons. The van der Waals surface area contributed by atoms with Crippen LogP contribution in [0.4, 0.5) is 5.69 Å². The Kier molecular flexibility index (Phi) is 5.17.